The van der Waals surface area contributed by atoms with E-state index in [2.05, 4.69) is 24.1 Å². The summed E-state index contributed by atoms with van der Waals surface area (Å²) >= 11 is 0. The number of carboxylic acids is 1. The van der Waals surface area contributed by atoms with Crippen molar-refractivity contribution in [2.75, 3.05) is 19.6 Å². The van der Waals surface area contributed by atoms with Crippen molar-refractivity contribution in [3.8, 4) is 0 Å². The number of benzene rings is 1. The van der Waals surface area contributed by atoms with E-state index in [-0.39, 0.29) is 12.0 Å². The fourth-order valence-electron chi connectivity index (χ4n) is 2.57. The van der Waals surface area contributed by atoms with Gasteiger partial charge in [0.1, 0.15) is 0 Å². The van der Waals surface area contributed by atoms with Crippen LogP contribution in [0.2, 0.25) is 0 Å². The summed E-state index contributed by atoms with van der Waals surface area (Å²) in [6, 6.07) is 7.84. The highest BCUT2D eigenvalue weighted by molar-refractivity contribution is 5.70. The smallest absolute Gasteiger partial charge is 0.307 e. The highest BCUT2D eigenvalue weighted by atomic mass is 16.4. The van der Waals surface area contributed by atoms with Gasteiger partial charge in [0.15, 0.2) is 0 Å². The molecule has 0 unspecified atom stereocenters. The third-order valence-corrected chi connectivity index (χ3v) is 3.79. The molecule has 1 aromatic rings. The maximum atomic E-state index is 10.9. The van der Waals surface area contributed by atoms with Crippen LogP contribution in [0.5, 0.6) is 0 Å². The van der Waals surface area contributed by atoms with Crippen LogP contribution in [0.3, 0.4) is 0 Å². The zero-order chi connectivity index (χ0) is 13.9. The Bertz CT molecular complexity index is 457. The van der Waals surface area contributed by atoms with Crippen molar-refractivity contribution in [1.29, 1.82) is 0 Å². The van der Waals surface area contributed by atoms with Crippen molar-refractivity contribution >= 4 is 5.97 Å². The predicted octanol–water partition coefficient (Wildman–Crippen LogP) is 1.50. The number of nitrogens with one attached hydrogen (secondary N) is 1. The Hall–Kier alpha value is -1.39. The van der Waals surface area contributed by atoms with Gasteiger partial charge in [-0.05, 0) is 25.0 Å². The first-order valence-corrected chi connectivity index (χ1v) is 6.73. The number of hydrogen-bond donors (Lipinski definition) is 2. The molecule has 4 nitrogen and oxygen atoms in total. The van der Waals surface area contributed by atoms with Gasteiger partial charge in [-0.25, -0.2) is 0 Å². The van der Waals surface area contributed by atoms with Gasteiger partial charge in [0, 0.05) is 31.7 Å². The zero-order valence-corrected chi connectivity index (χ0v) is 11.6. The fourth-order valence-corrected chi connectivity index (χ4v) is 2.57. The van der Waals surface area contributed by atoms with Gasteiger partial charge >= 0.3 is 5.97 Å². The molecule has 0 saturated carbocycles. The maximum Gasteiger partial charge on any atom is 0.307 e. The van der Waals surface area contributed by atoms with E-state index in [1.807, 2.05) is 24.3 Å². The Balaban J connectivity index is 2.16. The molecule has 0 atom stereocenters. The Kier molecular flexibility index (Phi) is 4.22. The van der Waals surface area contributed by atoms with Gasteiger partial charge in [0.05, 0.1) is 6.42 Å². The van der Waals surface area contributed by atoms with Crippen LogP contribution >= 0.6 is 0 Å². The zero-order valence-electron chi connectivity index (χ0n) is 11.6. The molecule has 2 N–H and O–H groups in total. The van der Waals surface area contributed by atoms with E-state index in [1.54, 1.807) is 0 Å². The molecule has 104 valence electrons. The van der Waals surface area contributed by atoms with Gasteiger partial charge in [0.25, 0.3) is 0 Å². The normalized spacial score (nSPS) is 19.3. The van der Waals surface area contributed by atoms with Crippen LogP contribution in [-0.2, 0) is 17.8 Å². The lowest BCUT2D eigenvalue weighted by molar-refractivity contribution is -0.136. The molecule has 1 saturated heterocycles. The van der Waals surface area contributed by atoms with Gasteiger partial charge in [-0.3, -0.25) is 9.69 Å². The number of carboxylic acid groups (broad SMARTS) is 1. The molecule has 1 aromatic carbocycles. The van der Waals surface area contributed by atoms with Gasteiger partial charge in [0.2, 0.25) is 0 Å². The van der Waals surface area contributed by atoms with Crippen molar-refractivity contribution in [2.24, 2.45) is 0 Å². The summed E-state index contributed by atoms with van der Waals surface area (Å²) in [5, 5.41) is 12.4. The SMILES string of the molecule is CC1(C)CNCCN1Cc1ccccc1CC(=O)O. The van der Waals surface area contributed by atoms with E-state index in [0.717, 1.165) is 37.3 Å². The maximum absolute atomic E-state index is 10.9. The summed E-state index contributed by atoms with van der Waals surface area (Å²) in [5.41, 5.74) is 2.15. The predicted molar refractivity (Wildman–Crippen MR) is 75.1 cm³/mol. The molecule has 1 fully saturated rings. The average Bonchev–Trinajstić information content (AvgIpc) is 2.33. The quantitative estimate of drug-likeness (QED) is 0.863. The number of rotatable bonds is 4. The topological polar surface area (TPSA) is 52.6 Å². The molecular formula is C15H22N2O2. The number of hydrogen-bond acceptors (Lipinski definition) is 3. The summed E-state index contributed by atoms with van der Waals surface area (Å²) < 4.78 is 0. The van der Waals surface area contributed by atoms with Gasteiger partial charge < -0.3 is 10.4 Å². The van der Waals surface area contributed by atoms with Crippen molar-refractivity contribution < 1.29 is 9.90 Å². The number of aliphatic carboxylic acids is 1. The van der Waals surface area contributed by atoms with E-state index in [0.29, 0.717) is 0 Å². The third-order valence-electron chi connectivity index (χ3n) is 3.79. The third kappa shape index (κ3) is 3.55. The van der Waals surface area contributed by atoms with Crippen LogP contribution in [-0.4, -0.2) is 41.1 Å². The van der Waals surface area contributed by atoms with E-state index >= 15 is 0 Å². The van der Waals surface area contributed by atoms with Crippen molar-refractivity contribution in [2.45, 2.75) is 32.4 Å². The first-order valence-electron chi connectivity index (χ1n) is 6.73. The van der Waals surface area contributed by atoms with Crippen LogP contribution in [0.4, 0.5) is 0 Å². The second-order valence-corrected chi connectivity index (χ2v) is 5.75. The fraction of sp³-hybridized carbons (Fsp3) is 0.533. The molecule has 0 radical (unpaired) electrons. The number of nitrogens with zero attached hydrogens (tertiary/aromatic N) is 1. The lowest BCUT2D eigenvalue weighted by Crippen LogP contribution is -2.57. The lowest BCUT2D eigenvalue weighted by atomic mass is 9.97. The van der Waals surface area contributed by atoms with Crippen LogP contribution in [0.25, 0.3) is 0 Å². The molecule has 0 spiro atoms. The van der Waals surface area contributed by atoms with Crippen LogP contribution < -0.4 is 5.32 Å². The van der Waals surface area contributed by atoms with Gasteiger partial charge in [-0.1, -0.05) is 24.3 Å². The van der Waals surface area contributed by atoms with E-state index < -0.39 is 5.97 Å². The summed E-state index contributed by atoms with van der Waals surface area (Å²) in [5.74, 6) is -0.771. The average molecular weight is 262 g/mol. The standard InChI is InChI=1S/C15H22N2O2/c1-15(2)11-16-7-8-17(15)10-13-6-4-3-5-12(13)9-14(18)19/h3-6,16H,7-11H2,1-2H3,(H,18,19). The Labute approximate surface area is 114 Å². The molecule has 1 aliphatic rings. The van der Waals surface area contributed by atoms with Crippen LogP contribution in [0.15, 0.2) is 24.3 Å². The van der Waals surface area contributed by atoms with E-state index in [9.17, 15) is 4.79 Å². The minimum absolute atomic E-state index is 0.0999. The molecule has 1 heterocycles. The second-order valence-electron chi connectivity index (χ2n) is 5.75. The molecule has 19 heavy (non-hydrogen) atoms. The molecule has 1 aliphatic heterocycles. The Morgan fingerprint density at radius 2 is 2.05 bits per heavy atom. The summed E-state index contributed by atoms with van der Waals surface area (Å²) in [6.45, 7) is 8.21. The van der Waals surface area contributed by atoms with Crippen molar-refractivity contribution in [1.82, 2.24) is 10.2 Å². The Morgan fingerprint density at radius 3 is 2.68 bits per heavy atom. The minimum atomic E-state index is -0.771. The summed E-state index contributed by atoms with van der Waals surface area (Å²) in [6.07, 6.45) is 0.0999. The first-order chi connectivity index (χ1) is 8.99. The molecule has 0 aromatic heterocycles. The van der Waals surface area contributed by atoms with Crippen LogP contribution in [0, 0.1) is 0 Å². The first kappa shape index (κ1) is 14.0. The molecular weight excluding hydrogens is 240 g/mol. The molecule has 0 bridgehead atoms. The Morgan fingerprint density at radius 1 is 1.37 bits per heavy atom. The number of carbonyl (C=O) groups is 1. The monoisotopic (exact) mass is 262 g/mol. The molecule has 0 aliphatic carbocycles. The summed E-state index contributed by atoms with van der Waals surface area (Å²) in [4.78, 5) is 13.3. The molecule has 2 rings (SSSR count). The highest BCUT2D eigenvalue weighted by Gasteiger charge is 2.29. The minimum Gasteiger partial charge on any atom is -0.481 e. The van der Waals surface area contributed by atoms with Crippen molar-refractivity contribution in [3.63, 3.8) is 0 Å². The molecule has 0 amide bonds. The lowest BCUT2D eigenvalue weighted by Gasteiger charge is -2.43. The van der Waals surface area contributed by atoms with E-state index in [1.165, 1.54) is 0 Å². The van der Waals surface area contributed by atoms with Crippen molar-refractivity contribution in [3.05, 3.63) is 35.4 Å². The van der Waals surface area contributed by atoms with Gasteiger partial charge in [-0.15, -0.1) is 0 Å². The largest absolute Gasteiger partial charge is 0.481 e. The number of piperazine rings is 1. The highest BCUT2D eigenvalue weighted by Crippen LogP contribution is 2.21. The van der Waals surface area contributed by atoms with Gasteiger partial charge in [-0.2, -0.15) is 0 Å². The molecule has 4 heteroatoms. The summed E-state index contributed by atoms with van der Waals surface area (Å²) in [7, 11) is 0. The van der Waals surface area contributed by atoms with E-state index in [4.69, 9.17) is 5.11 Å². The second kappa shape index (κ2) is 5.72. The van der Waals surface area contributed by atoms with Crippen LogP contribution in [0.1, 0.15) is 25.0 Å².